The number of ether oxygens (including phenoxy) is 2. The van der Waals surface area contributed by atoms with Gasteiger partial charge in [-0.05, 0) is 29.8 Å². The normalized spacial score (nSPS) is 12.3. The highest BCUT2D eigenvalue weighted by atomic mass is 16.7. The van der Waals surface area contributed by atoms with Gasteiger partial charge < -0.3 is 19.4 Å². The maximum Gasteiger partial charge on any atom is 0.328 e. The molecule has 1 aliphatic heterocycles. The van der Waals surface area contributed by atoms with Crippen LogP contribution in [-0.4, -0.2) is 32.2 Å². The molecule has 1 aliphatic rings. The molecule has 0 saturated carbocycles. The van der Waals surface area contributed by atoms with Gasteiger partial charge in [-0.1, -0.05) is 18.2 Å². The van der Waals surface area contributed by atoms with Crippen LogP contribution < -0.4 is 26.0 Å². The van der Waals surface area contributed by atoms with Gasteiger partial charge in [0, 0.05) is 6.20 Å². The minimum absolute atomic E-state index is 0.0312. The number of anilines is 1. The largest absolute Gasteiger partial charge is 0.454 e. The zero-order chi connectivity index (χ0) is 20.7. The van der Waals surface area contributed by atoms with Crippen LogP contribution in [-0.2, 0) is 6.54 Å². The van der Waals surface area contributed by atoms with E-state index < -0.39 is 17.2 Å². The number of nitrogens with one attached hydrogen (secondary N) is 3. The molecule has 0 aliphatic carbocycles. The van der Waals surface area contributed by atoms with E-state index in [1.165, 1.54) is 0 Å². The minimum Gasteiger partial charge on any atom is -0.454 e. The molecular formula is C20H15N5O5. The summed E-state index contributed by atoms with van der Waals surface area (Å²) in [5, 5.41) is 2.56. The SMILES string of the molecule is O=C(Nc1nc2ccccc2[nH]1)c1c[nH]c(=O)n(Cc2ccc3c(c2)OCO3)c1=O. The van der Waals surface area contributed by atoms with Crippen molar-refractivity contribution in [1.29, 1.82) is 0 Å². The van der Waals surface area contributed by atoms with Crippen LogP contribution in [0.2, 0.25) is 0 Å². The molecule has 150 valence electrons. The van der Waals surface area contributed by atoms with Crippen molar-refractivity contribution < 1.29 is 14.3 Å². The van der Waals surface area contributed by atoms with Crippen molar-refractivity contribution in [1.82, 2.24) is 19.5 Å². The summed E-state index contributed by atoms with van der Waals surface area (Å²) in [6.07, 6.45) is 1.10. The van der Waals surface area contributed by atoms with Crippen molar-refractivity contribution in [2.24, 2.45) is 0 Å². The Hall–Kier alpha value is -4.34. The fraction of sp³-hybridized carbons (Fsp3) is 0.100. The number of para-hydroxylation sites is 2. The molecule has 10 heteroatoms. The summed E-state index contributed by atoms with van der Waals surface area (Å²) in [6.45, 7) is 0.0906. The Morgan fingerprint density at radius 2 is 1.97 bits per heavy atom. The third-order valence-electron chi connectivity index (χ3n) is 4.70. The molecule has 30 heavy (non-hydrogen) atoms. The number of hydrogen-bond donors (Lipinski definition) is 3. The Morgan fingerprint density at radius 3 is 2.83 bits per heavy atom. The van der Waals surface area contributed by atoms with E-state index >= 15 is 0 Å². The van der Waals surface area contributed by atoms with Gasteiger partial charge in [-0.15, -0.1) is 0 Å². The van der Waals surface area contributed by atoms with Crippen molar-refractivity contribution in [2.75, 3.05) is 12.1 Å². The topological polar surface area (TPSA) is 131 Å². The number of hydrogen-bond acceptors (Lipinski definition) is 6. The summed E-state index contributed by atoms with van der Waals surface area (Å²) in [5.74, 6) is 0.651. The van der Waals surface area contributed by atoms with Gasteiger partial charge in [-0.3, -0.25) is 19.5 Å². The maximum absolute atomic E-state index is 12.8. The molecule has 0 bridgehead atoms. The van der Waals surface area contributed by atoms with Gasteiger partial charge in [-0.2, -0.15) is 0 Å². The lowest BCUT2D eigenvalue weighted by atomic mass is 10.2. The maximum atomic E-state index is 12.8. The van der Waals surface area contributed by atoms with Crippen molar-refractivity contribution in [2.45, 2.75) is 6.54 Å². The molecule has 0 spiro atoms. The molecule has 3 N–H and O–H groups in total. The number of amides is 1. The van der Waals surface area contributed by atoms with Crippen LogP contribution in [0.3, 0.4) is 0 Å². The van der Waals surface area contributed by atoms with E-state index in [9.17, 15) is 14.4 Å². The van der Waals surface area contributed by atoms with Gasteiger partial charge in [0.1, 0.15) is 5.56 Å². The molecule has 2 aromatic carbocycles. The first-order chi connectivity index (χ1) is 14.6. The van der Waals surface area contributed by atoms with Crippen LogP contribution in [0.4, 0.5) is 5.95 Å². The minimum atomic E-state index is -0.718. The monoisotopic (exact) mass is 405 g/mol. The lowest BCUT2D eigenvalue weighted by molar-refractivity contribution is 0.102. The van der Waals surface area contributed by atoms with Gasteiger partial charge >= 0.3 is 5.69 Å². The quantitative estimate of drug-likeness (QED) is 0.471. The molecular weight excluding hydrogens is 390 g/mol. The summed E-state index contributed by atoms with van der Waals surface area (Å²) < 4.78 is 11.5. The third kappa shape index (κ3) is 3.09. The summed E-state index contributed by atoms with van der Waals surface area (Å²) in [5.41, 5.74) is 0.518. The van der Waals surface area contributed by atoms with Crippen molar-refractivity contribution >= 4 is 22.9 Å². The van der Waals surface area contributed by atoms with E-state index in [0.717, 1.165) is 16.3 Å². The number of carbonyl (C=O) groups excluding carboxylic acids is 1. The Kier molecular flexibility index (Phi) is 4.09. The zero-order valence-electron chi connectivity index (χ0n) is 15.5. The standard InChI is InChI=1S/C20H15N5O5/c26-17(24-19-22-13-3-1-2-4-14(13)23-19)12-8-21-20(28)25(18(12)27)9-11-5-6-15-16(7-11)30-10-29-15/h1-8H,9-10H2,(H,21,28)(H2,22,23,24,26). The molecule has 2 aromatic heterocycles. The molecule has 0 radical (unpaired) electrons. The van der Waals surface area contributed by atoms with Crippen LogP contribution in [0.1, 0.15) is 15.9 Å². The van der Waals surface area contributed by atoms with Crippen LogP contribution >= 0.6 is 0 Å². The molecule has 0 unspecified atom stereocenters. The predicted octanol–water partition coefficient (Wildman–Crippen LogP) is 1.44. The van der Waals surface area contributed by atoms with E-state index in [1.54, 1.807) is 24.3 Å². The molecule has 0 atom stereocenters. The summed E-state index contributed by atoms with van der Waals surface area (Å²) in [6, 6.07) is 12.4. The average molecular weight is 405 g/mol. The van der Waals surface area contributed by atoms with Crippen molar-refractivity contribution in [3.8, 4) is 11.5 Å². The number of aromatic amines is 2. The van der Waals surface area contributed by atoms with E-state index in [0.29, 0.717) is 22.6 Å². The molecule has 4 aromatic rings. The molecule has 5 rings (SSSR count). The van der Waals surface area contributed by atoms with Gasteiger partial charge in [0.2, 0.25) is 12.7 Å². The predicted molar refractivity (Wildman–Crippen MR) is 107 cm³/mol. The highest BCUT2D eigenvalue weighted by molar-refractivity contribution is 6.03. The number of aromatic nitrogens is 4. The van der Waals surface area contributed by atoms with Crippen LogP contribution in [0.15, 0.2) is 58.3 Å². The zero-order valence-corrected chi connectivity index (χ0v) is 15.5. The number of carbonyl (C=O) groups is 1. The first-order valence-corrected chi connectivity index (χ1v) is 9.05. The van der Waals surface area contributed by atoms with Gasteiger partial charge in [-0.25, -0.2) is 9.78 Å². The molecule has 10 nitrogen and oxygen atoms in total. The van der Waals surface area contributed by atoms with Gasteiger partial charge in [0.15, 0.2) is 11.5 Å². The lowest BCUT2D eigenvalue weighted by Gasteiger charge is -2.08. The number of imidazole rings is 1. The lowest BCUT2D eigenvalue weighted by Crippen LogP contribution is -2.39. The van der Waals surface area contributed by atoms with Crippen molar-refractivity contribution in [3.63, 3.8) is 0 Å². The first-order valence-electron chi connectivity index (χ1n) is 9.05. The van der Waals surface area contributed by atoms with Gasteiger partial charge in [0.05, 0.1) is 17.6 Å². The second-order valence-electron chi connectivity index (χ2n) is 6.64. The van der Waals surface area contributed by atoms with Crippen LogP contribution in [0, 0.1) is 0 Å². The smallest absolute Gasteiger partial charge is 0.328 e. The Labute approximate surface area is 168 Å². The second kappa shape index (κ2) is 6.92. The average Bonchev–Trinajstić information content (AvgIpc) is 3.36. The van der Waals surface area contributed by atoms with Gasteiger partial charge in [0.25, 0.3) is 11.5 Å². The number of H-pyrrole nitrogens is 2. The molecule has 0 saturated heterocycles. The molecule has 1 amide bonds. The summed E-state index contributed by atoms with van der Waals surface area (Å²) in [4.78, 5) is 47.3. The number of benzene rings is 2. The van der Waals surface area contributed by atoms with E-state index in [1.807, 2.05) is 18.2 Å². The number of nitrogens with zero attached hydrogens (tertiary/aromatic N) is 2. The number of fused-ring (bicyclic) bond motifs is 2. The van der Waals surface area contributed by atoms with Crippen molar-refractivity contribution in [3.05, 3.63) is 80.6 Å². The fourth-order valence-corrected chi connectivity index (χ4v) is 3.23. The second-order valence-corrected chi connectivity index (χ2v) is 6.64. The Bertz CT molecular complexity index is 1370. The number of rotatable bonds is 4. The molecule has 0 fully saturated rings. The summed E-state index contributed by atoms with van der Waals surface area (Å²) >= 11 is 0. The fourth-order valence-electron chi connectivity index (χ4n) is 3.23. The highest BCUT2D eigenvalue weighted by Crippen LogP contribution is 2.32. The Morgan fingerprint density at radius 1 is 1.13 bits per heavy atom. The first kappa shape index (κ1) is 17.7. The molecule has 3 heterocycles. The highest BCUT2D eigenvalue weighted by Gasteiger charge is 2.18. The Balaban J connectivity index is 1.44. The van der Waals surface area contributed by atoms with E-state index in [2.05, 4.69) is 20.3 Å². The van der Waals surface area contributed by atoms with Crippen LogP contribution in [0.25, 0.3) is 11.0 Å². The summed E-state index contributed by atoms with van der Waals surface area (Å²) in [7, 11) is 0. The third-order valence-corrected chi connectivity index (χ3v) is 4.70. The van der Waals surface area contributed by atoms with E-state index in [-0.39, 0.29) is 24.8 Å². The van der Waals surface area contributed by atoms with E-state index in [4.69, 9.17) is 9.47 Å². The van der Waals surface area contributed by atoms with Crippen LogP contribution in [0.5, 0.6) is 11.5 Å².